The van der Waals surface area contributed by atoms with Crippen molar-refractivity contribution in [2.24, 2.45) is 5.41 Å². The Hall–Kier alpha value is -3.65. The third kappa shape index (κ3) is 4.86. The summed E-state index contributed by atoms with van der Waals surface area (Å²) in [4.78, 5) is 22.2. The van der Waals surface area contributed by atoms with Crippen LogP contribution in [0.4, 0.5) is 10.7 Å². The number of benzene rings is 2. The first-order valence-corrected chi connectivity index (χ1v) is 12.2. The topological polar surface area (TPSA) is 96.8 Å². The summed E-state index contributed by atoms with van der Waals surface area (Å²) in [7, 11) is 0. The molecule has 5 rings (SSSR count). The molecule has 1 aromatic heterocycles. The fourth-order valence-corrected chi connectivity index (χ4v) is 4.84. The normalized spacial score (nSPS) is 17.1. The van der Waals surface area contributed by atoms with Gasteiger partial charge in [0.1, 0.15) is 12.4 Å². The number of amides is 1. The Morgan fingerprint density at radius 2 is 1.75 bits per heavy atom. The molecule has 8 nitrogen and oxygen atoms in total. The molecule has 1 amide bonds. The molecule has 2 saturated heterocycles. The molecule has 3 aromatic rings. The lowest BCUT2D eigenvalue weighted by Crippen LogP contribution is -2.66. The summed E-state index contributed by atoms with van der Waals surface area (Å²) in [5.74, 6) is 1.54. The number of carboxylic acid groups (broad SMARTS) is 1. The molecular weight excluding hydrogens is 456 g/mol. The third-order valence-electron chi connectivity index (χ3n) is 7.29. The van der Waals surface area contributed by atoms with Gasteiger partial charge in [0.25, 0.3) is 0 Å². The van der Waals surface area contributed by atoms with Crippen molar-refractivity contribution in [1.82, 2.24) is 15.3 Å². The zero-order chi connectivity index (χ0) is 25.3. The first-order valence-electron chi connectivity index (χ1n) is 12.2. The first-order chi connectivity index (χ1) is 17.2. The van der Waals surface area contributed by atoms with Crippen LogP contribution in [0.2, 0.25) is 0 Å². The number of carbonyl (C=O) groups is 1. The Morgan fingerprint density at radius 3 is 2.33 bits per heavy atom. The second-order valence-corrected chi connectivity index (χ2v) is 10.4. The van der Waals surface area contributed by atoms with Crippen molar-refractivity contribution < 1.29 is 19.4 Å². The molecule has 0 saturated carbocycles. The molecular formula is C28H32N4O4. The van der Waals surface area contributed by atoms with Gasteiger partial charge in [0, 0.05) is 24.7 Å². The van der Waals surface area contributed by atoms with Crippen molar-refractivity contribution in [3.05, 3.63) is 83.2 Å². The van der Waals surface area contributed by atoms with Crippen LogP contribution < -0.4 is 15.0 Å². The molecule has 2 N–H and O–H groups in total. The van der Waals surface area contributed by atoms with E-state index >= 15 is 0 Å². The summed E-state index contributed by atoms with van der Waals surface area (Å²) < 4.78 is 11.4. The maximum Gasteiger partial charge on any atom is 0.405 e. The molecule has 2 aromatic carbocycles. The number of aromatic nitrogens is 2. The molecule has 188 valence electrons. The highest BCUT2D eigenvalue weighted by Gasteiger charge is 2.49. The average Bonchev–Trinajstić information content (AvgIpc) is 2.81. The molecule has 1 spiro atoms. The second kappa shape index (κ2) is 9.43. The van der Waals surface area contributed by atoms with Gasteiger partial charge in [0.15, 0.2) is 0 Å². The Bertz CT molecular complexity index is 1220. The van der Waals surface area contributed by atoms with Crippen molar-refractivity contribution in [2.45, 2.75) is 38.8 Å². The monoisotopic (exact) mass is 488 g/mol. The Kier molecular flexibility index (Phi) is 6.30. The fourth-order valence-electron chi connectivity index (χ4n) is 4.84. The summed E-state index contributed by atoms with van der Waals surface area (Å²) in [5, 5.41) is 11.4. The molecule has 3 heterocycles. The molecule has 0 aliphatic carbocycles. The number of hydrogen-bond donors (Lipinski definition) is 2. The van der Waals surface area contributed by atoms with Gasteiger partial charge in [-0.15, -0.1) is 0 Å². The highest BCUT2D eigenvalue weighted by atomic mass is 16.5. The molecule has 1 unspecified atom stereocenters. The van der Waals surface area contributed by atoms with Gasteiger partial charge in [-0.05, 0) is 41.8 Å². The van der Waals surface area contributed by atoms with Crippen LogP contribution in [0.5, 0.6) is 5.75 Å². The summed E-state index contributed by atoms with van der Waals surface area (Å²) in [6.45, 7) is 10.2. The van der Waals surface area contributed by atoms with Crippen molar-refractivity contribution in [3.8, 4) is 5.75 Å². The summed E-state index contributed by atoms with van der Waals surface area (Å²) in [6.07, 6.45) is 0.765. The van der Waals surface area contributed by atoms with Crippen LogP contribution in [0.25, 0.3) is 0 Å². The molecule has 2 aliphatic rings. The van der Waals surface area contributed by atoms with Crippen LogP contribution in [0, 0.1) is 5.41 Å². The molecule has 2 aliphatic heterocycles. The van der Waals surface area contributed by atoms with Gasteiger partial charge in [-0.2, -0.15) is 0 Å². The minimum absolute atomic E-state index is 0.220. The largest absolute Gasteiger partial charge is 0.487 e. The zero-order valence-corrected chi connectivity index (χ0v) is 20.9. The molecule has 2 fully saturated rings. The van der Waals surface area contributed by atoms with Crippen LogP contribution in [-0.2, 0) is 16.8 Å². The van der Waals surface area contributed by atoms with Crippen LogP contribution in [-0.4, -0.2) is 47.5 Å². The maximum absolute atomic E-state index is 10.9. The molecule has 1 atom stereocenters. The maximum atomic E-state index is 10.9. The lowest BCUT2D eigenvalue weighted by Gasteiger charge is -2.54. The Morgan fingerprint density at radius 1 is 1.11 bits per heavy atom. The van der Waals surface area contributed by atoms with Gasteiger partial charge in [-0.3, -0.25) is 0 Å². The molecule has 8 heteroatoms. The molecule has 0 radical (unpaired) electrons. The zero-order valence-electron chi connectivity index (χ0n) is 20.9. The summed E-state index contributed by atoms with van der Waals surface area (Å²) in [5.41, 5.74) is 4.19. The van der Waals surface area contributed by atoms with E-state index in [-0.39, 0.29) is 11.5 Å². The van der Waals surface area contributed by atoms with Crippen molar-refractivity contribution in [2.75, 3.05) is 31.2 Å². The van der Waals surface area contributed by atoms with Crippen LogP contribution in [0.1, 0.15) is 49.2 Å². The standard InChI is InChI=1S/C28H32N4O4/c1-19(30-26(33)34)20-4-6-21(7-5-20)27(2,3)22-8-10-24(11-9-22)36-14-23-12-13-29-25(31-23)32-15-28(16-32)17-35-18-28/h4-13,19,30H,14-18H2,1-3H3,(H,33,34). The fraction of sp³-hybridized carbons (Fsp3) is 0.393. The predicted molar refractivity (Wildman–Crippen MR) is 136 cm³/mol. The first kappa shape index (κ1) is 24.1. The number of hydrogen-bond acceptors (Lipinski definition) is 6. The van der Waals surface area contributed by atoms with Gasteiger partial charge < -0.3 is 24.8 Å². The van der Waals surface area contributed by atoms with Crippen LogP contribution >= 0.6 is 0 Å². The van der Waals surface area contributed by atoms with Crippen molar-refractivity contribution >= 4 is 12.0 Å². The van der Waals surface area contributed by atoms with Crippen LogP contribution in [0.15, 0.2) is 60.8 Å². The van der Waals surface area contributed by atoms with Crippen molar-refractivity contribution in [1.29, 1.82) is 0 Å². The van der Waals surface area contributed by atoms with E-state index in [0.29, 0.717) is 12.0 Å². The quantitative estimate of drug-likeness (QED) is 0.480. The lowest BCUT2D eigenvalue weighted by molar-refractivity contribution is -0.127. The summed E-state index contributed by atoms with van der Waals surface area (Å²) >= 11 is 0. The van der Waals surface area contributed by atoms with E-state index in [2.05, 4.69) is 58.3 Å². The molecule has 0 bridgehead atoms. The smallest absolute Gasteiger partial charge is 0.405 e. The highest BCUT2D eigenvalue weighted by Crippen LogP contribution is 2.39. The predicted octanol–water partition coefficient (Wildman–Crippen LogP) is 4.55. The SMILES string of the molecule is CC(NC(=O)O)c1ccc(C(C)(C)c2ccc(OCc3ccnc(N4CC5(COC5)C4)n3)cc2)cc1. The number of rotatable bonds is 8. The summed E-state index contributed by atoms with van der Waals surface area (Å²) in [6, 6.07) is 17.9. The van der Waals surface area contributed by atoms with Gasteiger partial charge in [0.2, 0.25) is 5.95 Å². The van der Waals surface area contributed by atoms with E-state index in [1.54, 1.807) is 6.20 Å². The number of nitrogens with zero attached hydrogens (tertiary/aromatic N) is 3. The van der Waals surface area contributed by atoms with Gasteiger partial charge in [-0.25, -0.2) is 14.8 Å². The molecule has 36 heavy (non-hydrogen) atoms. The van der Waals surface area contributed by atoms with Gasteiger partial charge >= 0.3 is 6.09 Å². The van der Waals surface area contributed by atoms with Gasteiger partial charge in [0.05, 0.1) is 30.4 Å². The van der Waals surface area contributed by atoms with E-state index in [1.165, 1.54) is 0 Å². The number of nitrogens with one attached hydrogen (secondary N) is 1. The number of anilines is 1. The van der Waals surface area contributed by atoms with E-state index in [4.69, 9.17) is 14.6 Å². The van der Waals surface area contributed by atoms with E-state index in [9.17, 15) is 4.79 Å². The minimum atomic E-state index is -1.03. The van der Waals surface area contributed by atoms with Crippen molar-refractivity contribution in [3.63, 3.8) is 0 Å². The Balaban J connectivity index is 1.19. The number of ether oxygens (including phenoxy) is 2. The lowest BCUT2D eigenvalue weighted by atomic mass is 9.78. The third-order valence-corrected chi connectivity index (χ3v) is 7.29. The van der Waals surface area contributed by atoms with E-state index in [1.807, 2.05) is 37.3 Å². The van der Waals surface area contributed by atoms with Crippen LogP contribution in [0.3, 0.4) is 0 Å². The van der Waals surface area contributed by atoms with E-state index in [0.717, 1.165) is 60.4 Å². The average molecular weight is 489 g/mol. The Labute approximate surface area is 211 Å². The van der Waals surface area contributed by atoms with E-state index < -0.39 is 6.09 Å². The van der Waals surface area contributed by atoms with Gasteiger partial charge in [-0.1, -0.05) is 50.2 Å². The second-order valence-electron chi connectivity index (χ2n) is 10.4. The highest BCUT2D eigenvalue weighted by molar-refractivity contribution is 5.65. The minimum Gasteiger partial charge on any atom is -0.487 e.